The molecule has 0 radical (unpaired) electrons. The summed E-state index contributed by atoms with van der Waals surface area (Å²) >= 11 is 0. The zero-order chi connectivity index (χ0) is 29.1. The van der Waals surface area contributed by atoms with Crippen LogP contribution in [0.5, 0.6) is 11.5 Å². The predicted molar refractivity (Wildman–Crippen MR) is 159 cm³/mol. The molecule has 2 aromatic heterocycles. The van der Waals surface area contributed by atoms with E-state index in [-0.39, 0.29) is 11.5 Å². The van der Waals surface area contributed by atoms with Crippen molar-refractivity contribution in [3.63, 3.8) is 0 Å². The highest BCUT2D eigenvalue weighted by Gasteiger charge is 2.27. The molecule has 5 aromatic rings. The normalized spacial score (nSPS) is 13.9. The van der Waals surface area contributed by atoms with Crippen molar-refractivity contribution in [3.8, 4) is 22.8 Å². The first-order chi connectivity index (χ1) is 20.5. The van der Waals surface area contributed by atoms with Gasteiger partial charge in [0.25, 0.3) is 11.6 Å². The average molecular weight is 566 g/mol. The van der Waals surface area contributed by atoms with Gasteiger partial charge in [0.15, 0.2) is 0 Å². The van der Waals surface area contributed by atoms with Gasteiger partial charge in [-0.25, -0.2) is 9.37 Å². The van der Waals surface area contributed by atoms with Crippen LogP contribution in [-0.4, -0.2) is 52.1 Å². The summed E-state index contributed by atoms with van der Waals surface area (Å²) in [6.45, 7) is 6.38. The number of hydrogen-bond donors (Lipinski definition) is 0. The van der Waals surface area contributed by atoms with Crippen LogP contribution in [0.15, 0.2) is 83.4 Å². The van der Waals surface area contributed by atoms with E-state index in [1.165, 1.54) is 12.1 Å². The van der Waals surface area contributed by atoms with Gasteiger partial charge >= 0.3 is 0 Å². The highest BCUT2D eigenvalue weighted by molar-refractivity contribution is 5.98. The topological polar surface area (TPSA) is 84.6 Å². The number of ether oxygens (including phenoxy) is 1. The molecule has 3 aromatic carbocycles. The first-order valence-corrected chi connectivity index (χ1v) is 14.2. The number of carbonyl (C=O) groups is 1. The van der Waals surface area contributed by atoms with Gasteiger partial charge < -0.3 is 19.1 Å². The fourth-order valence-corrected chi connectivity index (χ4v) is 5.23. The molecule has 1 aliphatic rings. The zero-order valence-electron chi connectivity index (χ0n) is 23.7. The number of anilines is 1. The summed E-state index contributed by atoms with van der Waals surface area (Å²) in [7, 11) is 0. The molecule has 1 amide bonds. The van der Waals surface area contributed by atoms with Crippen LogP contribution in [0.25, 0.3) is 22.4 Å². The fourth-order valence-electron chi connectivity index (χ4n) is 5.23. The molecule has 8 nitrogen and oxygen atoms in total. The molecule has 0 saturated carbocycles. The van der Waals surface area contributed by atoms with E-state index < -0.39 is 5.82 Å². The third-order valence-corrected chi connectivity index (χ3v) is 7.23. The van der Waals surface area contributed by atoms with Gasteiger partial charge in [0.05, 0.1) is 5.56 Å². The van der Waals surface area contributed by atoms with Crippen molar-refractivity contribution in [2.45, 2.75) is 26.7 Å². The van der Waals surface area contributed by atoms with Crippen LogP contribution in [0, 0.1) is 11.7 Å². The van der Waals surface area contributed by atoms with E-state index in [9.17, 15) is 9.18 Å². The van der Waals surface area contributed by atoms with Gasteiger partial charge in [-0.2, -0.15) is 4.98 Å². The molecule has 0 aliphatic carbocycles. The lowest BCUT2D eigenvalue weighted by atomic mass is 10.1. The van der Waals surface area contributed by atoms with Crippen LogP contribution in [-0.2, 0) is 6.42 Å². The second-order valence-corrected chi connectivity index (χ2v) is 10.8. The number of benzene rings is 3. The van der Waals surface area contributed by atoms with E-state index in [2.05, 4.69) is 23.9 Å². The molecule has 9 heteroatoms. The van der Waals surface area contributed by atoms with Gasteiger partial charge in [0.2, 0.25) is 0 Å². The number of amides is 1. The van der Waals surface area contributed by atoms with E-state index in [1.807, 2.05) is 54.6 Å². The Morgan fingerprint density at radius 2 is 1.71 bits per heavy atom. The Morgan fingerprint density at radius 3 is 2.52 bits per heavy atom. The average Bonchev–Trinajstić information content (AvgIpc) is 3.26. The second-order valence-electron chi connectivity index (χ2n) is 10.8. The molecule has 6 rings (SSSR count). The van der Waals surface area contributed by atoms with Crippen LogP contribution < -0.4 is 9.64 Å². The summed E-state index contributed by atoms with van der Waals surface area (Å²) in [6, 6.07) is 23.4. The fraction of sp³-hybridized carbons (Fsp3) is 0.273. The molecule has 0 bridgehead atoms. The minimum absolute atomic E-state index is 0.0912. The Hall–Kier alpha value is -4.79. The highest BCUT2D eigenvalue weighted by atomic mass is 19.1. The van der Waals surface area contributed by atoms with Crippen molar-refractivity contribution in [1.29, 1.82) is 0 Å². The van der Waals surface area contributed by atoms with E-state index in [0.717, 1.165) is 17.1 Å². The largest absolute Gasteiger partial charge is 0.457 e. The number of carbonyl (C=O) groups excluding carboxylic acids is 1. The number of para-hydroxylation sites is 1. The first-order valence-electron chi connectivity index (χ1n) is 14.2. The Labute approximate surface area is 243 Å². The zero-order valence-corrected chi connectivity index (χ0v) is 23.7. The summed E-state index contributed by atoms with van der Waals surface area (Å²) in [5.74, 6) is 2.35. The maximum absolute atomic E-state index is 14.4. The molecule has 0 spiro atoms. The van der Waals surface area contributed by atoms with Crippen molar-refractivity contribution < 1.29 is 18.4 Å². The number of fused-ring (bicyclic) bond motifs is 1. The van der Waals surface area contributed by atoms with Crippen molar-refractivity contribution in [1.82, 2.24) is 20.0 Å². The van der Waals surface area contributed by atoms with Crippen LogP contribution in [0.1, 0.15) is 36.5 Å². The van der Waals surface area contributed by atoms with Gasteiger partial charge in [-0.3, -0.25) is 4.79 Å². The molecule has 214 valence electrons. The first kappa shape index (κ1) is 27.4. The van der Waals surface area contributed by atoms with Gasteiger partial charge in [-0.15, -0.1) is 0 Å². The molecular formula is C33H32FN5O3. The lowest BCUT2D eigenvalue weighted by Gasteiger charge is -2.24. The predicted octanol–water partition coefficient (Wildman–Crippen LogP) is 6.77. The summed E-state index contributed by atoms with van der Waals surface area (Å²) < 4.78 is 26.3. The second kappa shape index (κ2) is 12.0. The molecule has 0 atom stereocenters. The van der Waals surface area contributed by atoms with Crippen LogP contribution in [0.2, 0.25) is 0 Å². The lowest BCUT2D eigenvalue weighted by molar-refractivity contribution is 0.0762. The molecule has 1 aliphatic heterocycles. The Bertz CT molecular complexity index is 1710. The molecule has 0 unspecified atom stereocenters. The number of rotatable bonds is 7. The van der Waals surface area contributed by atoms with Gasteiger partial charge in [-0.1, -0.05) is 61.5 Å². The Kier molecular flexibility index (Phi) is 7.81. The minimum Gasteiger partial charge on any atom is -0.457 e. The molecule has 3 heterocycles. The summed E-state index contributed by atoms with van der Waals surface area (Å²) in [6.07, 6.45) is 1.39. The van der Waals surface area contributed by atoms with Crippen LogP contribution >= 0.6 is 0 Å². The summed E-state index contributed by atoms with van der Waals surface area (Å²) in [5, 5.41) is 5.16. The third kappa shape index (κ3) is 5.81. The maximum atomic E-state index is 14.4. The third-order valence-electron chi connectivity index (χ3n) is 7.23. The Balaban J connectivity index is 1.34. The number of hydrogen-bond acceptors (Lipinski definition) is 7. The summed E-state index contributed by atoms with van der Waals surface area (Å²) in [5.41, 5.74) is 1.95. The van der Waals surface area contributed by atoms with Crippen molar-refractivity contribution >= 4 is 22.8 Å². The molecule has 42 heavy (non-hydrogen) atoms. The molecule has 0 N–H and O–H groups in total. The van der Waals surface area contributed by atoms with Crippen molar-refractivity contribution in [3.05, 3.63) is 96.1 Å². The van der Waals surface area contributed by atoms with Crippen LogP contribution in [0.3, 0.4) is 0 Å². The SMILES string of the molecule is CC(C)Cc1nc(N2CCCN(C(=O)c3ccccc3F)CC2)c2c(-c3cccc(Oc4ccccc4)c3)noc2n1. The lowest BCUT2D eigenvalue weighted by Crippen LogP contribution is -2.36. The Morgan fingerprint density at radius 1 is 0.929 bits per heavy atom. The van der Waals surface area contributed by atoms with Crippen molar-refractivity contribution in [2.24, 2.45) is 5.92 Å². The van der Waals surface area contributed by atoms with Gasteiger partial charge in [0.1, 0.15) is 40.0 Å². The van der Waals surface area contributed by atoms with E-state index >= 15 is 0 Å². The van der Waals surface area contributed by atoms with E-state index in [1.54, 1.807) is 17.0 Å². The van der Waals surface area contributed by atoms with Gasteiger partial charge in [0, 0.05) is 38.2 Å². The highest BCUT2D eigenvalue weighted by Crippen LogP contribution is 2.36. The number of halogens is 1. The van der Waals surface area contributed by atoms with E-state index in [4.69, 9.17) is 19.2 Å². The molecule has 1 saturated heterocycles. The minimum atomic E-state index is -0.507. The summed E-state index contributed by atoms with van der Waals surface area (Å²) in [4.78, 5) is 26.8. The van der Waals surface area contributed by atoms with Crippen molar-refractivity contribution in [2.75, 3.05) is 31.1 Å². The number of aromatic nitrogens is 3. The monoisotopic (exact) mass is 565 g/mol. The standard InChI is InChI=1S/C33H32FN5O3/c1-22(2)20-28-35-31(38-16-9-17-39(19-18-38)33(40)26-14-6-7-15-27(26)34)29-30(37-42-32(29)36-28)23-10-8-13-25(21-23)41-24-11-4-3-5-12-24/h3-8,10-15,21-22H,9,16-20H2,1-2H3. The molecular weight excluding hydrogens is 533 g/mol. The van der Waals surface area contributed by atoms with E-state index in [0.29, 0.717) is 73.3 Å². The van der Waals surface area contributed by atoms with Crippen LogP contribution in [0.4, 0.5) is 10.2 Å². The molecule has 1 fully saturated rings. The maximum Gasteiger partial charge on any atom is 0.263 e. The number of nitrogens with zero attached hydrogens (tertiary/aromatic N) is 5. The smallest absolute Gasteiger partial charge is 0.263 e. The quantitative estimate of drug-likeness (QED) is 0.215. The van der Waals surface area contributed by atoms with Gasteiger partial charge in [-0.05, 0) is 48.7 Å².